The van der Waals surface area contributed by atoms with E-state index < -0.39 is 5.97 Å². The standard InChI is InChI=1S/C19H20N2O4/c1-24-19(23)13-6-8-14(9-7-13)21-18(22)12-25-17-10-11-20-16-5-3-2-4-15(16)17/h6-11H,2-5,12H2,1H3,(H,21,22). The van der Waals surface area contributed by atoms with Crippen LogP contribution in [0.2, 0.25) is 0 Å². The second kappa shape index (κ2) is 7.79. The van der Waals surface area contributed by atoms with Crippen molar-refractivity contribution < 1.29 is 19.1 Å². The highest BCUT2D eigenvalue weighted by Crippen LogP contribution is 2.27. The lowest BCUT2D eigenvalue weighted by Crippen LogP contribution is -2.21. The zero-order chi connectivity index (χ0) is 17.6. The van der Waals surface area contributed by atoms with Gasteiger partial charge in [-0.3, -0.25) is 9.78 Å². The third-order valence-electron chi connectivity index (χ3n) is 4.14. The van der Waals surface area contributed by atoms with Crippen molar-refractivity contribution in [3.63, 3.8) is 0 Å². The number of benzene rings is 1. The van der Waals surface area contributed by atoms with Gasteiger partial charge in [-0.1, -0.05) is 0 Å². The molecule has 1 aliphatic rings. The van der Waals surface area contributed by atoms with Crippen LogP contribution in [0.5, 0.6) is 5.75 Å². The maximum atomic E-state index is 12.1. The molecule has 6 heteroatoms. The van der Waals surface area contributed by atoms with Crippen LogP contribution in [-0.2, 0) is 22.4 Å². The molecule has 3 rings (SSSR count). The number of esters is 1. The van der Waals surface area contributed by atoms with Gasteiger partial charge in [0.05, 0.1) is 12.7 Å². The number of rotatable bonds is 5. The molecule has 0 aliphatic heterocycles. The van der Waals surface area contributed by atoms with Crippen LogP contribution in [-0.4, -0.2) is 30.6 Å². The van der Waals surface area contributed by atoms with Crippen molar-refractivity contribution in [1.29, 1.82) is 0 Å². The number of amides is 1. The summed E-state index contributed by atoms with van der Waals surface area (Å²) in [6.45, 7) is -0.0742. The lowest BCUT2D eigenvalue weighted by molar-refractivity contribution is -0.118. The first-order valence-corrected chi connectivity index (χ1v) is 8.25. The first-order valence-electron chi connectivity index (χ1n) is 8.25. The maximum absolute atomic E-state index is 12.1. The number of hydrogen-bond donors (Lipinski definition) is 1. The van der Waals surface area contributed by atoms with Crippen LogP contribution in [0.4, 0.5) is 5.69 Å². The Labute approximate surface area is 146 Å². The Morgan fingerprint density at radius 3 is 2.64 bits per heavy atom. The molecule has 1 aliphatic carbocycles. The summed E-state index contributed by atoms with van der Waals surface area (Å²) < 4.78 is 10.3. The number of carbonyl (C=O) groups excluding carboxylic acids is 2. The van der Waals surface area contributed by atoms with Crippen LogP contribution in [0.1, 0.15) is 34.5 Å². The fourth-order valence-corrected chi connectivity index (χ4v) is 2.88. The molecule has 1 aromatic heterocycles. The normalized spacial score (nSPS) is 12.8. The van der Waals surface area contributed by atoms with Crippen molar-refractivity contribution in [3.05, 3.63) is 53.3 Å². The van der Waals surface area contributed by atoms with Crippen molar-refractivity contribution in [3.8, 4) is 5.75 Å². The zero-order valence-electron chi connectivity index (χ0n) is 14.1. The lowest BCUT2D eigenvalue weighted by Gasteiger charge is -2.18. The smallest absolute Gasteiger partial charge is 0.337 e. The molecule has 0 unspecified atom stereocenters. The average molecular weight is 340 g/mol. The van der Waals surface area contributed by atoms with E-state index in [1.807, 2.05) is 6.07 Å². The maximum Gasteiger partial charge on any atom is 0.337 e. The van der Waals surface area contributed by atoms with E-state index in [0.29, 0.717) is 11.3 Å². The van der Waals surface area contributed by atoms with Gasteiger partial charge in [0, 0.05) is 23.1 Å². The minimum absolute atomic E-state index is 0.0742. The number of pyridine rings is 1. The van der Waals surface area contributed by atoms with Gasteiger partial charge in [0.2, 0.25) is 0 Å². The van der Waals surface area contributed by atoms with Gasteiger partial charge in [-0.05, 0) is 56.0 Å². The second-order valence-corrected chi connectivity index (χ2v) is 5.85. The Hall–Kier alpha value is -2.89. The van der Waals surface area contributed by atoms with Crippen molar-refractivity contribution in [2.24, 2.45) is 0 Å². The van der Waals surface area contributed by atoms with E-state index in [1.165, 1.54) is 7.11 Å². The molecule has 25 heavy (non-hydrogen) atoms. The van der Waals surface area contributed by atoms with Gasteiger partial charge in [0.1, 0.15) is 5.75 Å². The zero-order valence-corrected chi connectivity index (χ0v) is 14.1. The number of aromatic nitrogens is 1. The number of fused-ring (bicyclic) bond motifs is 1. The molecule has 1 N–H and O–H groups in total. The number of aryl methyl sites for hydroxylation is 1. The fourth-order valence-electron chi connectivity index (χ4n) is 2.88. The molecule has 0 fully saturated rings. The van der Waals surface area contributed by atoms with Gasteiger partial charge in [0.25, 0.3) is 5.91 Å². The molecule has 0 radical (unpaired) electrons. The van der Waals surface area contributed by atoms with Gasteiger partial charge in [-0.2, -0.15) is 0 Å². The van der Waals surface area contributed by atoms with E-state index in [1.54, 1.807) is 30.5 Å². The van der Waals surface area contributed by atoms with Crippen LogP contribution in [0.3, 0.4) is 0 Å². The van der Waals surface area contributed by atoms with Crippen molar-refractivity contribution in [1.82, 2.24) is 4.98 Å². The van der Waals surface area contributed by atoms with E-state index in [2.05, 4.69) is 15.0 Å². The number of hydrogen-bond acceptors (Lipinski definition) is 5. The highest BCUT2D eigenvalue weighted by molar-refractivity contribution is 5.93. The predicted molar refractivity (Wildman–Crippen MR) is 92.8 cm³/mol. The highest BCUT2D eigenvalue weighted by atomic mass is 16.5. The van der Waals surface area contributed by atoms with Crippen LogP contribution >= 0.6 is 0 Å². The molecule has 0 saturated heterocycles. The molecule has 1 aromatic carbocycles. The summed E-state index contributed by atoms with van der Waals surface area (Å²) in [5.74, 6) is 0.0664. The van der Waals surface area contributed by atoms with Gasteiger partial charge in [0.15, 0.2) is 6.61 Å². The second-order valence-electron chi connectivity index (χ2n) is 5.85. The molecule has 1 amide bonds. The number of nitrogens with zero attached hydrogens (tertiary/aromatic N) is 1. The van der Waals surface area contributed by atoms with E-state index in [0.717, 1.165) is 42.7 Å². The van der Waals surface area contributed by atoms with Gasteiger partial charge >= 0.3 is 5.97 Å². The van der Waals surface area contributed by atoms with E-state index in [9.17, 15) is 9.59 Å². The molecule has 0 spiro atoms. The third-order valence-corrected chi connectivity index (χ3v) is 4.14. The number of nitrogens with one attached hydrogen (secondary N) is 1. The molecular weight excluding hydrogens is 320 g/mol. The Morgan fingerprint density at radius 2 is 1.88 bits per heavy atom. The number of methoxy groups -OCH3 is 1. The van der Waals surface area contributed by atoms with Crippen LogP contribution in [0.15, 0.2) is 36.5 Å². The average Bonchev–Trinajstić information content (AvgIpc) is 2.66. The molecule has 6 nitrogen and oxygen atoms in total. The summed E-state index contributed by atoms with van der Waals surface area (Å²) in [5.41, 5.74) is 3.21. The van der Waals surface area contributed by atoms with E-state index in [-0.39, 0.29) is 12.5 Å². The van der Waals surface area contributed by atoms with Crippen LogP contribution in [0, 0.1) is 0 Å². The minimum atomic E-state index is -0.413. The molecule has 2 aromatic rings. The molecule has 130 valence electrons. The molecule has 1 heterocycles. The fraction of sp³-hybridized carbons (Fsp3) is 0.316. The lowest BCUT2D eigenvalue weighted by atomic mass is 9.95. The summed E-state index contributed by atoms with van der Waals surface area (Å²) >= 11 is 0. The van der Waals surface area contributed by atoms with Crippen molar-refractivity contribution >= 4 is 17.6 Å². The number of ether oxygens (including phenoxy) is 2. The van der Waals surface area contributed by atoms with Crippen LogP contribution < -0.4 is 10.1 Å². The SMILES string of the molecule is COC(=O)c1ccc(NC(=O)COc2ccnc3c2CCCC3)cc1. The summed E-state index contributed by atoms with van der Waals surface area (Å²) in [7, 11) is 1.33. The number of carbonyl (C=O) groups is 2. The predicted octanol–water partition coefficient (Wildman–Crippen LogP) is 2.76. The van der Waals surface area contributed by atoms with Gasteiger partial charge in [-0.25, -0.2) is 4.79 Å². The largest absolute Gasteiger partial charge is 0.483 e. The number of anilines is 1. The van der Waals surface area contributed by atoms with Gasteiger partial charge in [-0.15, -0.1) is 0 Å². The first kappa shape index (κ1) is 17.0. The van der Waals surface area contributed by atoms with Crippen LogP contribution in [0.25, 0.3) is 0 Å². The Bertz CT molecular complexity index is 771. The summed E-state index contributed by atoms with van der Waals surface area (Å²) in [5, 5.41) is 2.74. The molecule has 0 atom stereocenters. The monoisotopic (exact) mass is 340 g/mol. The summed E-state index contributed by atoms with van der Waals surface area (Å²) in [4.78, 5) is 27.9. The Balaban J connectivity index is 1.57. The topological polar surface area (TPSA) is 77.5 Å². The highest BCUT2D eigenvalue weighted by Gasteiger charge is 2.16. The summed E-state index contributed by atoms with van der Waals surface area (Å²) in [6.07, 6.45) is 5.89. The molecular formula is C19H20N2O4. The van der Waals surface area contributed by atoms with Crippen molar-refractivity contribution in [2.45, 2.75) is 25.7 Å². The van der Waals surface area contributed by atoms with Crippen molar-refractivity contribution in [2.75, 3.05) is 19.0 Å². The molecule has 0 saturated carbocycles. The Morgan fingerprint density at radius 1 is 1.12 bits per heavy atom. The van der Waals surface area contributed by atoms with E-state index >= 15 is 0 Å². The van der Waals surface area contributed by atoms with E-state index in [4.69, 9.17) is 4.74 Å². The third kappa shape index (κ3) is 4.15. The van der Waals surface area contributed by atoms with Gasteiger partial charge < -0.3 is 14.8 Å². The molecule has 0 bridgehead atoms. The summed E-state index contributed by atoms with van der Waals surface area (Å²) in [6, 6.07) is 8.31. The first-order chi connectivity index (χ1) is 12.2. The minimum Gasteiger partial charge on any atom is -0.483 e. The Kier molecular flexibility index (Phi) is 5.28. The quantitative estimate of drug-likeness (QED) is 0.847.